The molecule has 3 aromatic carbocycles. The molecule has 1 aromatic heterocycles. The number of carbonyl (C=O) groups is 1. The number of hydrogen-bond acceptors (Lipinski definition) is 4. The minimum Gasteiger partial charge on any atom is -0.481 e. The van der Waals surface area contributed by atoms with E-state index in [2.05, 4.69) is 6.07 Å². The highest BCUT2D eigenvalue weighted by Crippen LogP contribution is 2.32. The van der Waals surface area contributed by atoms with Crippen molar-refractivity contribution < 1.29 is 14.3 Å². The molecule has 4 nitrogen and oxygen atoms in total. The number of rotatable bonds is 6. The van der Waals surface area contributed by atoms with Gasteiger partial charge < -0.3 is 5.11 Å². The number of carboxylic acids is 1. The Morgan fingerprint density at radius 3 is 2.55 bits per heavy atom. The Morgan fingerprint density at radius 1 is 1.03 bits per heavy atom. The van der Waals surface area contributed by atoms with Gasteiger partial charge in [-0.1, -0.05) is 36.4 Å². The van der Waals surface area contributed by atoms with Gasteiger partial charge in [-0.2, -0.15) is 5.26 Å². The summed E-state index contributed by atoms with van der Waals surface area (Å²) in [6, 6.07) is 23.4. The molecule has 0 atom stereocenters. The lowest BCUT2D eigenvalue weighted by Crippen LogP contribution is -1.99. The molecule has 0 spiro atoms. The van der Waals surface area contributed by atoms with Crippen LogP contribution >= 0.6 is 11.3 Å². The molecule has 0 unspecified atom stereocenters. The van der Waals surface area contributed by atoms with Gasteiger partial charge in [0.2, 0.25) is 0 Å². The summed E-state index contributed by atoms with van der Waals surface area (Å²) < 4.78 is 13.3. The average molecular weight is 428 g/mol. The molecule has 0 saturated heterocycles. The van der Waals surface area contributed by atoms with E-state index < -0.39 is 5.97 Å². The molecule has 0 bridgehead atoms. The molecule has 0 saturated carbocycles. The summed E-state index contributed by atoms with van der Waals surface area (Å²) in [5.41, 5.74) is 4.82. The quantitative estimate of drug-likeness (QED) is 0.427. The van der Waals surface area contributed by atoms with Crippen molar-refractivity contribution in [2.24, 2.45) is 0 Å². The van der Waals surface area contributed by atoms with Gasteiger partial charge in [0.15, 0.2) is 0 Å². The Bertz CT molecular complexity index is 1290. The molecule has 0 aliphatic rings. The van der Waals surface area contributed by atoms with Gasteiger partial charge in [0, 0.05) is 16.9 Å². The summed E-state index contributed by atoms with van der Waals surface area (Å²) in [5, 5.41) is 19.3. The van der Waals surface area contributed by atoms with Crippen LogP contribution in [0.5, 0.6) is 0 Å². The van der Waals surface area contributed by atoms with Crippen LogP contribution in [0, 0.1) is 17.1 Å². The molecular formula is C25H17FN2O2S. The first kappa shape index (κ1) is 20.5. The monoisotopic (exact) mass is 428 g/mol. The van der Waals surface area contributed by atoms with Crippen LogP contribution in [-0.2, 0) is 17.6 Å². The lowest BCUT2D eigenvalue weighted by atomic mass is 9.97. The number of hydrogen-bond donors (Lipinski definition) is 1. The number of nitriles is 1. The van der Waals surface area contributed by atoms with Gasteiger partial charge in [-0.05, 0) is 53.1 Å². The molecule has 0 amide bonds. The summed E-state index contributed by atoms with van der Waals surface area (Å²) in [4.78, 5) is 16.7. The van der Waals surface area contributed by atoms with Crippen molar-refractivity contribution in [2.45, 2.75) is 12.8 Å². The van der Waals surface area contributed by atoms with Gasteiger partial charge in [0.1, 0.15) is 5.82 Å². The zero-order valence-electron chi connectivity index (χ0n) is 16.4. The SMILES string of the molecule is N#Cc1cccc(-c2ccccc2Cc2nc(-c3ccc(F)cc3)c(CC(=O)O)s2)c1. The van der Waals surface area contributed by atoms with E-state index in [1.807, 2.05) is 42.5 Å². The van der Waals surface area contributed by atoms with Crippen molar-refractivity contribution in [3.05, 3.63) is 99.6 Å². The number of halogens is 1. The van der Waals surface area contributed by atoms with E-state index in [0.717, 1.165) is 21.7 Å². The first-order chi connectivity index (χ1) is 15.0. The van der Waals surface area contributed by atoms with Crippen LogP contribution in [0.1, 0.15) is 21.0 Å². The fourth-order valence-corrected chi connectivity index (χ4v) is 4.55. The van der Waals surface area contributed by atoms with E-state index in [9.17, 15) is 19.6 Å². The van der Waals surface area contributed by atoms with Crippen LogP contribution in [0.15, 0.2) is 72.8 Å². The molecule has 0 aliphatic heterocycles. The van der Waals surface area contributed by atoms with Crippen molar-refractivity contribution in [1.29, 1.82) is 5.26 Å². The van der Waals surface area contributed by atoms with E-state index in [-0.39, 0.29) is 12.2 Å². The Labute approximate surface area is 182 Å². The normalized spacial score (nSPS) is 10.6. The first-order valence-corrected chi connectivity index (χ1v) is 10.4. The molecule has 0 radical (unpaired) electrons. The van der Waals surface area contributed by atoms with E-state index >= 15 is 0 Å². The maximum Gasteiger partial charge on any atom is 0.308 e. The molecule has 1 heterocycles. The molecule has 0 fully saturated rings. The number of nitrogens with zero attached hydrogens (tertiary/aromatic N) is 2. The summed E-state index contributed by atoms with van der Waals surface area (Å²) in [5.74, 6) is -1.29. The fraction of sp³-hybridized carbons (Fsp3) is 0.0800. The van der Waals surface area contributed by atoms with Gasteiger partial charge in [-0.15, -0.1) is 11.3 Å². The van der Waals surface area contributed by atoms with E-state index in [1.165, 1.54) is 23.5 Å². The molecule has 4 rings (SSSR count). The van der Waals surface area contributed by atoms with Crippen molar-refractivity contribution in [3.63, 3.8) is 0 Å². The maximum absolute atomic E-state index is 13.3. The zero-order chi connectivity index (χ0) is 21.8. The molecule has 31 heavy (non-hydrogen) atoms. The van der Waals surface area contributed by atoms with Crippen molar-refractivity contribution in [1.82, 2.24) is 4.98 Å². The molecule has 1 N–H and O–H groups in total. The number of aliphatic carboxylic acids is 1. The average Bonchev–Trinajstić information content (AvgIpc) is 3.16. The van der Waals surface area contributed by atoms with Gasteiger partial charge in [0.25, 0.3) is 0 Å². The smallest absolute Gasteiger partial charge is 0.308 e. The number of thiazole rings is 1. The van der Waals surface area contributed by atoms with Gasteiger partial charge in [-0.25, -0.2) is 9.37 Å². The van der Waals surface area contributed by atoms with Crippen LogP contribution in [0.3, 0.4) is 0 Å². The summed E-state index contributed by atoms with van der Waals surface area (Å²) in [7, 11) is 0. The van der Waals surface area contributed by atoms with E-state index in [1.54, 1.807) is 18.2 Å². The summed E-state index contributed by atoms with van der Waals surface area (Å²) in [6.45, 7) is 0. The second kappa shape index (κ2) is 8.90. The number of carboxylic acid groups (broad SMARTS) is 1. The summed E-state index contributed by atoms with van der Waals surface area (Å²) in [6.07, 6.45) is 0.377. The van der Waals surface area contributed by atoms with E-state index in [4.69, 9.17) is 4.98 Å². The van der Waals surface area contributed by atoms with Gasteiger partial charge >= 0.3 is 5.97 Å². The minimum absolute atomic E-state index is 0.143. The topological polar surface area (TPSA) is 74.0 Å². The Hall–Kier alpha value is -3.82. The van der Waals surface area contributed by atoms with Gasteiger partial charge in [-0.3, -0.25) is 4.79 Å². The lowest BCUT2D eigenvalue weighted by molar-refractivity contribution is -0.136. The van der Waals surface area contributed by atoms with Crippen molar-refractivity contribution in [3.8, 4) is 28.5 Å². The Morgan fingerprint density at radius 2 is 1.81 bits per heavy atom. The highest BCUT2D eigenvalue weighted by Gasteiger charge is 2.17. The highest BCUT2D eigenvalue weighted by atomic mass is 32.1. The Balaban J connectivity index is 1.73. The van der Waals surface area contributed by atoms with Crippen LogP contribution in [0.2, 0.25) is 0 Å². The van der Waals surface area contributed by atoms with Crippen LogP contribution in [0.4, 0.5) is 4.39 Å². The third-order valence-corrected chi connectivity index (χ3v) is 5.89. The third kappa shape index (κ3) is 4.68. The van der Waals surface area contributed by atoms with Crippen molar-refractivity contribution in [2.75, 3.05) is 0 Å². The molecule has 152 valence electrons. The first-order valence-electron chi connectivity index (χ1n) is 9.58. The highest BCUT2D eigenvalue weighted by molar-refractivity contribution is 7.12. The molecular weight excluding hydrogens is 411 g/mol. The molecule has 4 aromatic rings. The second-order valence-electron chi connectivity index (χ2n) is 6.98. The second-order valence-corrected chi connectivity index (χ2v) is 8.15. The largest absolute Gasteiger partial charge is 0.481 e. The number of benzene rings is 3. The third-order valence-electron chi connectivity index (χ3n) is 4.83. The zero-order valence-corrected chi connectivity index (χ0v) is 17.2. The van der Waals surface area contributed by atoms with Gasteiger partial charge in [0.05, 0.1) is 28.8 Å². The number of aromatic nitrogens is 1. The van der Waals surface area contributed by atoms with Crippen LogP contribution in [-0.4, -0.2) is 16.1 Å². The van der Waals surface area contributed by atoms with Crippen molar-refractivity contribution >= 4 is 17.3 Å². The molecule has 0 aliphatic carbocycles. The minimum atomic E-state index is -0.938. The Kier molecular flexibility index (Phi) is 5.87. The predicted octanol–water partition coefficient (Wildman–Crippen LogP) is 5.71. The fourth-order valence-electron chi connectivity index (χ4n) is 3.44. The van der Waals surface area contributed by atoms with Crippen LogP contribution < -0.4 is 0 Å². The lowest BCUT2D eigenvalue weighted by Gasteiger charge is -2.09. The van der Waals surface area contributed by atoms with Crippen LogP contribution in [0.25, 0.3) is 22.4 Å². The summed E-state index contributed by atoms with van der Waals surface area (Å²) >= 11 is 1.36. The standard InChI is InChI=1S/C25H17FN2O2S/c26-20-10-8-17(9-11-20)25-22(14-24(29)30)31-23(28-25)13-19-5-1-2-7-21(19)18-6-3-4-16(12-18)15-27/h1-12H,13-14H2,(H,29,30). The maximum atomic E-state index is 13.3. The molecule has 6 heteroatoms. The van der Waals surface area contributed by atoms with E-state index in [0.29, 0.717) is 28.1 Å². The predicted molar refractivity (Wildman–Crippen MR) is 118 cm³/mol.